The van der Waals surface area contributed by atoms with Gasteiger partial charge in [-0.25, -0.2) is 4.98 Å². The van der Waals surface area contributed by atoms with Crippen molar-refractivity contribution in [1.82, 2.24) is 4.98 Å². The van der Waals surface area contributed by atoms with Gasteiger partial charge in [-0.3, -0.25) is 4.79 Å². The van der Waals surface area contributed by atoms with E-state index in [4.69, 9.17) is 0 Å². The zero-order valence-electron chi connectivity index (χ0n) is 11.6. The van der Waals surface area contributed by atoms with E-state index in [9.17, 15) is 4.79 Å². The van der Waals surface area contributed by atoms with Gasteiger partial charge in [0.05, 0.1) is 10.2 Å². The fraction of sp³-hybridized carbons (Fsp3) is 0.125. The van der Waals surface area contributed by atoms with Crippen LogP contribution in [0.15, 0.2) is 48.5 Å². The van der Waals surface area contributed by atoms with E-state index in [0.717, 1.165) is 27.6 Å². The smallest absolute Gasteiger partial charge is 0.255 e. The third kappa shape index (κ3) is 3.03. The third-order valence-corrected chi connectivity index (χ3v) is 3.99. The Kier molecular flexibility index (Phi) is 3.83. The lowest BCUT2D eigenvalue weighted by atomic mass is 10.2. The zero-order valence-corrected chi connectivity index (χ0v) is 12.4. The van der Waals surface area contributed by atoms with Crippen LogP contribution < -0.4 is 10.6 Å². The molecule has 0 bridgehead atoms. The quantitative estimate of drug-likeness (QED) is 0.766. The molecule has 0 spiro atoms. The van der Waals surface area contributed by atoms with Crippen molar-refractivity contribution >= 4 is 38.3 Å². The van der Waals surface area contributed by atoms with Crippen molar-refractivity contribution in [2.75, 3.05) is 17.2 Å². The van der Waals surface area contributed by atoms with Gasteiger partial charge in [-0.15, -0.1) is 0 Å². The molecule has 0 atom stereocenters. The number of nitrogens with zero attached hydrogens (tertiary/aromatic N) is 1. The van der Waals surface area contributed by atoms with Crippen molar-refractivity contribution < 1.29 is 4.79 Å². The standard InChI is InChI=1S/C16H15N3OS/c1-2-17-16-19-13-9-8-11(10-14(13)21-16)15(20)18-12-6-4-3-5-7-12/h3-10H,2H2,1H3,(H,17,19)(H,18,20). The Balaban J connectivity index is 1.84. The molecule has 0 saturated carbocycles. The number of fused-ring (bicyclic) bond motifs is 1. The number of aromatic nitrogens is 1. The summed E-state index contributed by atoms with van der Waals surface area (Å²) in [4.78, 5) is 16.7. The molecule has 0 radical (unpaired) electrons. The van der Waals surface area contributed by atoms with Gasteiger partial charge < -0.3 is 10.6 Å². The van der Waals surface area contributed by atoms with E-state index >= 15 is 0 Å². The topological polar surface area (TPSA) is 54.0 Å². The third-order valence-electron chi connectivity index (χ3n) is 3.01. The normalized spacial score (nSPS) is 10.5. The molecule has 5 heteroatoms. The number of carbonyl (C=O) groups excluding carboxylic acids is 1. The number of rotatable bonds is 4. The number of anilines is 2. The number of thiazole rings is 1. The molecule has 1 heterocycles. The average molecular weight is 297 g/mol. The van der Waals surface area contributed by atoms with Gasteiger partial charge in [0.25, 0.3) is 5.91 Å². The Bertz CT molecular complexity index is 768. The summed E-state index contributed by atoms with van der Waals surface area (Å²) in [6, 6.07) is 15.0. The lowest BCUT2D eigenvalue weighted by Crippen LogP contribution is -2.11. The van der Waals surface area contributed by atoms with Crippen molar-refractivity contribution in [3.8, 4) is 0 Å². The highest BCUT2D eigenvalue weighted by Gasteiger charge is 2.09. The van der Waals surface area contributed by atoms with Gasteiger partial charge >= 0.3 is 0 Å². The number of benzene rings is 2. The number of nitrogens with one attached hydrogen (secondary N) is 2. The highest BCUT2D eigenvalue weighted by atomic mass is 32.1. The van der Waals surface area contributed by atoms with Crippen LogP contribution in [0.3, 0.4) is 0 Å². The van der Waals surface area contributed by atoms with Gasteiger partial charge in [0, 0.05) is 17.8 Å². The summed E-state index contributed by atoms with van der Waals surface area (Å²) in [5.41, 5.74) is 2.34. The highest BCUT2D eigenvalue weighted by molar-refractivity contribution is 7.22. The van der Waals surface area contributed by atoms with E-state index in [2.05, 4.69) is 15.6 Å². The van der Waals surface area contributed by atoms with E-state index in [1.807, 2.05) is 49.4 Å². The van der Waals surface area contributed by atoms with Crippen LogP contribution in [0.25, 0.3) is 10.2 Å². The van der Waals surface area contributed by atoms with E-state index in [1.54, 1.807) is 17.4 Å². The average Bonchev–Trinajstić information content (AvgIpc) is 2.90. The molecule has 0 saturated heterocycles. The van der Waals surface area contributed by atoms with E-state index in [1.165, 1.54) is 0 Å². The Morgan fingerprint density at radius 1 is 1.19 bits per heavy atom. The molecular weight excluding hydrogens is 282 g/mol. The first-order chi connectivity index (χ1) is 10.3. The van der Waals surface area contributed by atoms with Gasteiger partial charge in [0.1, 0.15) is 0 Å². The largest absolute Gasteiger partial charge is 0.362 e. The van der Waals surface area contributed by atoms with Crippen LogP contribution >= 0.6 is 11.3 Å². The molecule has 106 valence electrons. The Hall–Kier alpha value is -2.40. The van der Waals surface area contributed by atoms with Crippen molar-refractivity contribution in [1.29, 1.82) is 0 Å². The van der Waals surface area contributed by atoms with Gasteiger partial charge in [0.15, 0.2) is 5.13 Å². The van der Waals surface area contributed by atoms with Crippen molar-refractivity contribution in [3.63, 3.8) is 0 Å². The van der Waals surface area contributed by atoms with Gasteiger partial charge in [0.2, 0.25) is 0 Å². The van der Waals surface area contributed by atoms with Gasteiger partial charge in [-0.05, 0) is 37.3 Å². The summed E-state index contributed by atoms with van der Waals surface area (Å²) in [6.07, 6.45) is 0. The first-order valence-electron chi connectivity index (χ1n) is 6.77. The summed E-state index contributed by atoms with van der Waals surface area (Å²) in [6.45, 7) is 2.87. The molecule has 0 aliphatic heterocycles. The van der Waals surface area contributed by atoms with Crippen molar-refractivity contribution in [2.24, 2.45) is 0 Å². The predicted octanol–water partition coefficient (Wildman–Crippen LogP) is 3.98. The first kappa shape index (κ1) is 13.6. The van der Waals surface area contributed by atoms with Crippen LogP contribution in [0, 0.1) is 0 Å². The molecule has 1 amide bonds. The fourth-order valence-electron chi connectivity index (χ4n) is 2.02. The van der Waals surface area contributed by atoms with Gasteiger partial charge in [-0.1, -0.05) is 29.5 Å². The van der Waals surface area contributed by atoms with Crippen LogP contribution in [0.4, 0.5) is 10.8 Å². The molecule has 2 aromatic carbocycles. The molecule has 3 aromatic rings. The van der Waals surface area contributed by atoms with Crippen LogP contribution in [0.1, 0.15) is 17.3 Å². The van der Waals surface area contributed by atoms with E-state index in [-0.39, 0.29) is 5.91 Å². The maximum Gasteiger partial charge on any atom is 0.255 e. The SMILES string of the molecule is CCNc1nc2ccc(C(=O)Nc3ccccc3)cc2s1. The van der Waals surface area contributed by atoms with Crippen molar-refractivity contribution in [3.05, 3.63) is 54.1 Å². The van der Waals surface area contributed by atoms with E-state index in [0.29, 0.717) is 5.56 Å². The first-order valence-corrected chi connectivity index (χ1v) is 7.59. The maximum atomic E-state index is 12.2. The number of para-hydroxylation sites is 1. The minimum absolute atomic E-state index is 0.110. The van der Waals surface area contributed by atoms with Crippen LogP contribution in [-0.2, 0) is 0 Å². The lowest BCUT2D eigenvalue weighted by molar-refractivity contribution is 0.102. The molecule has 4 nitrogen and oxygen atoms in total. The molecular formula is C16H15N3OS. The number of hydrogen-bond donors (Lipinski definition) is 2. The number of hydrogen-bond acceptors (Lipinski definition) is 4. The summed E-state index contributed by atoms with van der Waals surface area (Å²) in [7, 11) is 0. The zero-order chi connectivity index (χ0) is 14.7. The second-order valence-corrected chi connectivity index (χ2v) is 5.58. The summed E-state index contributed by atoms with van der Waals surface area (Å²) < 4.78 is 1.01. The van der Waals surface area contributed by atoms with Crippen molar-refractivity contribution in [2.45, 2.75) is 6.92 Å². The second kappa shape index (κ2) is 5.93. The lowest BCUT2D eigenvalue weighted by Gasteiger charge is -2.04. The molecule has 0 aliphatic carbocycles. The summed E-state index contributed by atoms with van der Waals surface area (Å²) in [5, 5.41) is 6.96. The molecule has 0 aliphatic rings. The Morgan fingerprint density at radius 3 is 2.76 bits per heavy atom. The molecule has 21 heavy (non-hydrogen) atoms. The summed E-state index contributed by atoms with van der Waals surface area (Å²) in [5.74, 6) is -0.110. The molecule has 3 rings (SSSR count). The molecule has 0 fully saturated rings. The second-order valence-electron chi connectivity index (χ2n) is 4.55. The van der Waals surface area contributed by atoms with Gasteiger partial charge in [-0.2, -0.15) is 0 Å². The Morgan fingerprint density at radius 2 is 2.00 bits per heavy atom. The maximum absolute atomic E-state index is 12.2. The fourth-order valence-corrected chi connectivity index (χ4v) is 2.99. The van der Waals surface area contributed by atoms with Crippen LogP contribution in [0.5, 0.6) is 0 Å². The minimum atomic E-state index is -0.110. The van der Waals surface area contributed by atoms with E-state index < -0.39 is 0 Å². The predicted molar refractivity (Wildman–Crippen MR) is 88.2 cm³/mol. The van der Waals surface area contributed by atoms with Crippen LogP contribution in [-0.4, -0.2) is 17.4 Å². The number of carbonyl (C=O) groups is 1. The minimum Gasteiger partial charge on any atom is -0.362 e. The monoisotopic (exact) mass is 297 g/mol. The molecule has 1 aromatic heterocycles. The van der Waals surface area contributed by atoms with Crippen LogP contribution in [0.2, 0.25) is 0 Å². The molecule has 2 N–H and O–H groups in total. The number of amides is 1. The highest BCUT2D eigenvalue weighted by Crippen LogP contribution is 2.27. The molecule has 0 unspecified atom stereocenters. The summed E-state index contributed by atoms with van der Waals surface area (Å²) >= 11 is 1.56. The Labute approximate surface area is 126 Å².